The maximum atomic E-state index is 11.9. The van der Waals surface area contributed by atoms with Gasteiger partial charge >= 0.3 is 0 Å². The smallest absolute Gasteiger partial charge is 0.290 e. The quantitative estimate of drug-likeness (QED) is 0.501. The predicted octanol–water partition coefficient (Wildman–Crippen LogP) is 1.55. The van der Waals surface area contributed by atoms with Crippen molar-refractivity contribution in [1.29, 1.82) is 0 Å². The van der Waals surface area contributed by atoms with Crippen molar-refractivity contribution in [2.24, 2.45) is 0 Å². The Kier molecular flexibility index (Phi) is 6.63. The zero-order valence-corrected chi connectivity index (χ0v) is 17.8. The summed E-state index contributed by atoms with van der Waals surface area (Å²) in [7, 11) is 1.60. The van der Waals surface area contributed by atoms with Crippen LogP contribution in [0.4, 0.5) is 16.4 Å². The summed E-state index contributed by atoms with van der Waals surface area (Å²) < 4.78 is 10.7. The van der Waals surface area contributed by atoms with Gasteiger partial charge < -0.3 is 19.3 Å². The van der Waals surface area contributed by atoms with Crippen LogP contribution in [0.15, 0.2) is 35.5 Å². The van der Waals surface area contributed by atoms with Gasteiger partial charge in [0.2, 0.25) is 11.8 Å². The lowest BCUT2D eigenvalue weighted by molar-refractivity contribution is -0.115. The van der Waals surface area contributed by atoms with Crippen molar-refractivity contribution in [2.45, 2.75) is 0 Å². The van der Waals surface area contributed by atoms with E-state index in [-0.39, 0.29) is 0 Å². The van der Waals surface area contributed by atoms with Crippen molar-refractivity contribution >= 4 is 40.6 Å². The minimum absolute atomic E-state index is 0.291. The van der Waals surface area contributed by atoms with Gasteiger partial charge in [0.15, 0.2) is 0 Å². The van der Waals surface area contributed by atoms with Crippen molar-refractivity contribution < 1.29 is 19.1 Å². The molecule has 1 N–H and O–H groups in total. The molecule has 0 bridgehead atoms. The average Bonchev–Trinajstić information content (AvgIpc) is 3.11. The second-order valence-electron chi connectivity index (χ2n) is 6.81. The molecule has 2 aromatic rings. The van der Waals surface area contributed by atoms with E-state index >= 15 is 0 Å². The van der Waals surface area contributed by atoms with Gasteiger partial charge in [0.1, 0.15) is 6.61 Å². The number of rotatable bonds is 7. The molecule has 0 unspecified atom stereocenters. The van der Waals surface area contributed by atoms with Crippen LogP contribution in [0.2, 0.25) is 0 Å². The fraction of sp³-hybridized carbons (Fsp3) is 0.350. The van der Waals surface area contributed by atoms with Crippen molar-refractivity contribution in [1.82, 2.24) is 20.3 Å². The summed E-state index contributed by atoms with van der Waals surface area (Å²) in [6, 6.07) is 5.61. The molecule has 0 radical (unpaired) electrons. The number of piperazine rings is 1. The van der Waals surface area contributed by atoms with Crippen LogP contribution in [-0.4, -0.2) is 72.6 Å². The summed E-state index contributed by atoms with van der Waals surface area (Å²) in [5, 5.41) is 1.85. The fourth-order valence-electron chi connectivity index (χ4n) is 3.21. The second kappa shape index (κ2) is 9.75. The number of methoxy groups -OCH3 is 1. The largest absolute Gasteiger partial charge is 0.475 e. The summed E-state index contributed by atoms with van der Waals surface area (Å²) in [4.78, 5) is 41.3. The monoisotopic (exact) mass is 442 g/mol. The van der Waals surface area contributed by atoms with Crippen LogP contribution in [0.3, 0.4) is 0 Å². The number of imide groups is 1. The van der Waals surface area contributed by atoms with Crippen molar-refractivity contribution in [3.63, 3.8) is 0 Å². The summed E-state index contributed by atoms with van der Waals surface area (Å²) in [6.45, 7) is 3.80. The van der Waals surface area contributed by atoms with E-state index in [2.05, 4.69) is 30.1 Å². The van der Waals surface area contributed by atoms with Crippen LogP contribution >= 0.6 is 11.8 Å². The molecule has 0 saturated carbocycles. The Morgan fingerprint density at radius 1 is 1.16 bits per heavy atom. The summed E-state index contributed by atoms with van der Waals surface area (Å²) >= 11 is 0.849. The Bertz CT molecular complexity index is 979. The third-order valence-corrected chi connectivity index (χ3v) is 5.55. The second-order valence-corrected chi connectivity index (χ2v) is 7.82. The topological polar surface area (TPSA) is 110 Å². The van der Waals surface area contributed by atoms with Crippen LogP contribution < -0.4 is 19.9 Å². The average molecular weight is 443 g/mol. The number of pyridine rings is 1. The number of ether oxygens (including phenoxy) is 2. The Morgan fingerprint density at radius 3 is 2.65 bits per heavy atom. The molecule has 2 amide bonds. The maximum Gasteiger partial charge on any atom is 0.290 e. The molecule has 2 aliphatic rings. The van der Waals surface area contributed by atoms with Crippen LogP contribution in [0.25, 0.3) is 6.08 Å². The molecular weight excluding hydrogens is 420 g/mol. The number of carbonyl (C=O) groups is 2. The van der Waals surface area contributed by atoms with Crippen LogP contribution in [0.5, 0.6) is 5.88 Å². The third-order valence-electron chi connectivity index (χ3n) is 4.74. The predicted molar refractivity (Wildman–Crippen MR) is 117 cm³/mol. The van der Waals surface area contributed by atoms with Crippen LogP contribution in [-0.2, 0) is 9.53 Å². The van der Waals surface area contributed by atoms with E-state index in [1.54, 1.807) is 25.4 Å². The molecule has 4 heterocycles. The van der Waals surface area contributed by atoms with Crippen molar-refractivity contribution in [3.05, 3.63) is 41.2 Å². The number of amides is 2. The lowest BCUT2D eigenvalue weighted by atomic mass is 10.3. The van der Waals surface area contributed by atoms with Gasteiger partial charge in [-0.2, -0.15) is 4.98 Å². The lowest BCUT2D eigenvalue weighted by Crippen LogP contribution is -2.47. The van der Waals surface area contributed by atoms with E-state index in [9.17, 15) is 9.59 Å². The highest BCUT2D eigenvalue weighted by molar-refractivity contribution is 8.18. The van der Waals surface area contributed by atoms with Crippen molar-refractivity contribution in [3.8, 4) is 5.88 Å². The number of hydrogen-bond acceptors (Lipinski definition) is 10. The molecule has 2 aromatic heterocycles. The molecule has 10 nitrogen and oxygen atoms in total. The zero-order chi connectivity index (χ0) is 21.6. The summed E-state index contributed by atoms with van der Waals surface area (Å²) in [6.07, 6.45) is 5.19. The normalized spacial score (nSPS) is 17.9. The zero-order valence-electron chi connectivity index (χ0n) is 17.0. The van der Waals surface area contributed by atoms with Gasteiger partial charge in [0.05, 0.1) is 29.1 Å². The Labute approximate surface area is 183 Å². The van der Waals surface area contributed by atoms with Gasteiger partial charge in [0, 0.05) is 45.6 Å². The summed E-state index contributed by atoms with van der Waals surface area (Å²) in [5.41, 5.74) is 1.58. The molecule has 0 aromatic carbocycles. The molecular formula is C20H22N6O4S. The van der Waals surface area contributed by atoms with Gasteiger partial charge in [-0.25, -0.2) is 4.98 Å². The Balaban J connectivity index is 1.53. The highest BCUT2D eigenvalue weighted by atomic mass is 32.2. The Hall–Kier alpha value is -3.18. The molecule has 11 heteroatoms. The number of hydrogen-bond donors (Lipinski definition) is 1. The molecule has 4 rings (SSSR count). The molecule has 2 saturated heterocycles. The first kappa shape index (κ1) is 21.1. The van der Waals surface area contributed by atoms with Gasteiger partial charge in [-0.05, 0) is 30.0 Å². The van der Waals surface area contributed by atoms with E-state index in [1.807, 2.05) is 18.3 Å². The van der Waals surface area contributed by atoms with E-state index in [1.165, 1.54) is 0 Å². The number of thioether (sulfide) groups is 1. The maximum absolute atomic E-state index is 11.9. The molecule has 0 aliphatic carbocycles. The van der Waals surface area contributed by atoms with E-state index < -0.39 is 11.1 Å². The number of anilines is 2. The minimum atomic E-state index is -0.429. The molecule has 0 atom stereocenters. The molecule has 31 heavy (non-hydrogen) atoms. The molecule has 162 valence electrons. The first-order valence-corrected chi connectivity index (χ1v) is 10.6. The van der Waals surface area contributed by atoms with Gasteiger partial charge in [-0.1, -0.05) is 0 Å². The molecule has 0 spiro atoms. The van der Waals surface area contributed by atoms with Crippen molar-refractivity contribution in [2.75, 3.05) is 56.3 Å². The summed E-state index contributed by atoms with van der Waals surface area (Å²) in [5.74, 6) is 0.475. The number of nitrogens with one attached hydrogen (secondary N) is 1. The highest BCUT2D eigenvalue weighted by Crippen LogP contribution is 2.27. The highest BCUT2D eigenvalue weighted by Gasteiger charge is 2.26. The first-order chi connectivity index (χ1) is 15.1. The SMILES string of the molecule is COCCOc1cc(/C=C2/SC(=O)NC2=O)nc(N2CCN(c3cccnc3)CC2)n1. The van der Waals surface area contributed by atoms with E-state index in [0.29, 0.717) is 35.6 Å². The minimum Gasteiger partial charge on any atom is -0.475 e. The molecule has 2 aliphatic heterocycles. The van der Waals surface area contributed by atoms with E-state index in [4.69, 9.17) is 9.47 Å². The number of aromatic nitrogens is 3. The third kappa shape index (κ3) is 5.30. The molecule has 2 fully saturated rings. The van der Waals surface area contributed by atoms with Crippen LogP contribution in [0, 0.1) is 0 Å². The first-order valence-electron chi connectivity index (χ1n) is 9.78. The van der Waals surface area contributed by atoms with Crippen LogP contribution in [0.1, 0.15) is 5.69 Å². The van der Waals surface area contributed by atoms with E-state index in [0.717, 1.165) is 43.6 Å². The lowest BCUT2D eigenvalue weighted by Gasteiger charge is -2.36. The fourth-order valence-corrected chi connectivity index (χ4v) is 3.88. The number of carbonyl (C=O) groups excluding carboxylic acids is 2. The van der Waals surface area contributed by atoms with Gasteiger partial charge in [-0.3, -0.25) is 19.9 Å². The van der Waals surface area contributed by atoms with Gasteiger partial charge in [-0.15, -0.1) is 0 Å². The Morgan fingerprint density at radius 2 is 1.97 bits per heavy atom. The van der Waals surface area contributed by atoms with Gasteiger partial charge in [0.25, 0.3) is 11.1 Å². The number of nitrogens with zero attached hydrogens (tertiary/aromatic N) is 5. The standard InChI is InChI=1S/C20H22N6O4S/c1-29-9-10-30-17-12-14(11-16-18(27)24-20(28)31-16)22-19(23-17)26-7-5-25(6-8-26)15-3-2-4-21-13-15/h2-4,11-13H,5-10H2,1H3,(H,24,27,28)/b16-11+.